The molecule has 1 unspecified atom stereocenters. The van der Waals surface area contributed by atoms with Crippen LogP contribution in [-0.4, -0.2) is 43.9 Å². The molecule has 0 aliphatic carbocycles. The highest BCUT2D eigenvalue weighted by Crippen LogP contribution is 2.29. The number of benzene rings is 1. The van der Waals surface area contributed by atoms with E-state index in [9.17, 15) is 0 Å². The van der Waals surface area contributed by atoms with Crippen molar-refractivity contribution in [1.29, 1.82) is 0 Å². The normalized spacial score (nSPS) is 20.4. The Morgan fingerprint density at radius 1 is 1.45 bits per heavy atom. The quantitative estimate of drug-likeness (QED) is 0.815. The van der Waals surface area contributed by atoms with Crippen LogP contribution >= 0.6 is 15.9 Å². The maximum absolute atomic E-state index is 6.01. The number of halogens is 1. The Bertz CT molecular complexity index is 436. The molecule has 0 spiro atoms. The van der Waals surface area contributed by atoms with Gasteiger partial charge in [-0.25, -0.2) is 0 Å². The molecular formula is C16H24BrNO2. The van der Waals surface area contributed by atoms with Gasteiger partial charge in [-0.3, -0.25) is 4.90 Å². The molecule has 1 saturated heterocycles. The highest BCUT2D eigenvalue weighted by molar-refractivity contribution is 9.10. The van der Waals surface area contributed by atoms with Crippen LogP contribution in [0.4, 0.5) is 0 Å². The number of likely N-dealkylation sites (N-methyl/N-ethyl adjacent to an activating group) is 1. The van der Waals surface area contributed by atoms with Crippen LogP contribution in [0.5, 0.6) is 5.75 Å². The Kier molecular flexibility index (Phi) is 5.87. The van der Waals surface area contributed by atoms with E-state index >= 15 is 0 Å². The molecule has 3 nitrogen and oxygen atoms in total. The SMILES string of the molecule is CCN1CCOC(COc2ccc(Br)cc2C(C)C)C1. The molecule has 1 aromatic carbocycles. The van der Waals surface area contributed by atoms with E-state index in [2.05, 4.69) is 47.7 Å². The maximum Gasteiger partial charge on any atom is 0.122 e. The highest BCUT2D eigenvalue weighted by Gasteiger charge is 2.20. The first-order chi connectivity index (χ1) is 9.60. The van der Waals surface area contributed by atoms with E-state index in [1.807, 2.05) is 12.1 Å². The molecular weight excluding hydrogens is 318 g/mol. The van der Waals surface area contributed by atoms with Crippen molar-refractivity contribution in [3.63, 3.8) is 0 Å². The number of nitrogens with zero attached hydrogens (tertiary/aromatic N) is 1. The van der Waals surface area contributed by atoms with Crippen LogP contribution in [-0.2, 0) is 4.74 Å². The summed E-state index contributed by atoms with van der Waals surface area (Å²) in [6, 6.07) is 6.21. The minimum absolute atomic E-state index is 0.173. The van der Waals surface area contributed by atoms with Gasteiger partial charge in [0.05, 0.1) is 6.61 Å². The van der Waals surface area contributed by atoms with Crippen molar-refractivity contribution in [3.05, 3.63) is 28.2 Å². The van der Waals surface area contributed by atoms with E-state index in [4.69, 9.17) is 9.47 Å². The third kappa shape index (κ3) is 4.21. The first-order valence-electron chi connectivity index (χ1n) is 7.36. The molecule has 0 aromatic heterocycles. The van der Waals surface area contributed by atoms with Crippen molar-refractivity contribution in [2.75, 3.05) is 32.8 Å². The van der Waals surface area contributed by atoms with Gasteiger partial charge in [-0.15, -0.1) is 0 Å². The molecule has 0 radical (unpaired) electrons. The summed E-state index contributed by atoms with van der Waals surface area (Å²) in [5, 5.41) is 0. The van der Waals surface area contributed by atoms with E-state index in [1.165, 1.54) is 5.56 Å². The minimum Gasteiger partial charge on any atom is -0.491 e. The van der Waals surface area contributed by atoms with E-state index in [1.54, 1.807) is 0 Å². The molecule has 1 aliphatic rings. The fourth-order valence-corrected chi connectivity index (χ4v) is 2.83. The van der Waals surface area contributed by atoms with Crippen molar-refractivity contribution < 1.29 is 9.47 Å². The number of rotatable bonds is 5. The number of morpholine rings is 1. The fraction of sp³-hybridized carbons (Fsp3) is 0.625. The third-order valence-corrected chi connectivity index (χ3v) is 4.18. The van der Waals surface area contributed by atoms with Gasteiger partial charge in [0, 0.05) is 17.6 Å². The highest BCUT2D eigenvalue weighted by atomic mass is 79.9. The molecule has 4 heteroatoms. The van der Waals surface area contributed by atoms with E-state index in [-0.39, 0.29) is 6.10 Å². The summed E-state index contributed by atoms with van der Waals surface area (Å²) < 4.78 is 12.9. The predicted octanol–water partition coefficient (Wildman–Crippen LogP) is 3.67. The Balaban J connectivity index is 1.96. The summed E-state index contributed by atoms with van der Waals surface area (Å²) >= 11 is 3.52. The Morgan fingerprint density at radius 2 is 2.25 bits per heavy atom. The van der Waals surface area contributed by atoms with E-state index in [0.29, 0.717) is 12.5 Å². The second-order valence-corrected chi connectivity index (χ2v) is 6.45. The van der Waals surface area contributed by atoms with Crippen LogP contribution in [0.1, 0.15) is 32.3 Å². The Morgan fingerprint density at radius 3 is 2.95 bits per heavy atom. The minimum atomic E-state index is 0.173. The Labute approximate surface area is 130 Å². The van der Waals surface area contributed by atoms with Gasteiger partial charge in [-0.2, -0.15) is 0 Å². The number of ether oxygens (including phenoxy) is 2. The summed E-state index contributed by atoms with van der Waals surface area (Å²) in [7, 11) is 0. The zero-order valence-electron chi connectivity index (χ0n) is 12.6. The van der Waals surface area contributed by atoms with Crippen molar-refractivity contribution in [1.82, 2.24) is 4.90 Å². The van der Waals surface area contributed by atoms with Gasteiger partial charge in [-0.1, -0.05) is 36.7 Å². The first-order valence-corrected chi connectivity index (χ1v) is 8.15. The van der Waals surface area contributed by atoms with Crippen molar-refractivity contribution in [2.24, 2.45) is 0 Å². The molecule has 2 rings (SSSR count). The van der Waals surface area contributed by atoms with Crippen LogP contribution in [0.15, 0.2) is 22.7 Å². The maximum atomic E-state index is 6.01. The van der Waals surface area contributed by atoms with Gasteiger partial charge in [0.2, 0.25) is 0 Å². The largest absolute Gasteiger partial charge is 0.491 e. The monoisotopic (exact) mass is 341 g/mol. The summed E-state index contributed by atoms with van der Waals surface area (Å²) in [6.07, 6.45) is 0.173. The van der Waals surface area contributed by atoms with E-state index < -0.39 is 0 Å². The average Bonchev–Trinajstić information content (AvgIpc) is 2.46. The van der Waals surface area contributed by atoms with Crippen LogP contribution in [0.2, 0.25) is 0 Å². The second kappa shape index (κ2) is 7.43. The van der Waals surface area contributed by atoms with Crippen molar-refractivity contribution in [3.8, 4) is 5.75 Å². The molecule has 1 aliphatic heterocycles. The van der Waals surface area contributed by atoms with Gasteiger partial charge in [0.25, 0.3) is 0 Å². The molecule has 1 fully saturated rings. The second-order valence-electron chi connectivity index (χ2n) is 5.53. The summed E-state index contributed by atoms with van der Waals surface area (Å²) in [4.78, 5) is 2.41. The molecule has 0 amide bonds. The molecule has 20 heavy (non-hydrogen) atoms. The lowest BCUT2D eigenvalue weighted by Gasteiger charge is -2.32. The average molecular weight is 342 g/mol. The molecule has 0 N–H and O–H groups in total. The van der Waals surface area contributed by atoms with Crippen molar-refractivity contribution >= 4 is 15.9 Å². The summed E-state index contributed by atoms with van der Waals surface area (Å²) in [6.45, 7) is 11.1. The Hall–Kier alpha value is -0.580. The molecule has 0 saturated carbocycles. The summed E-state index contributed by atoms with van der Waals surface area (Å²) in [5.41, 5.74) is 1.24. The number of hydrogen-bond acceptors (Lipinski definition) is 3. The standard InChI is InChI=1S/C16H24BrNO2/c1-4-18-7-8-19-14(10-18)11-20-16-6-5-13(17)9-15(16)12(2)3/h5-6,9,12,14H,4,7-8,10-11H2,1-3H3. The molecule has 112 valence electrons. The lowest BCUT2D eigenvalue weighted by molar-refractivity contribution is -0.0465. The van der Waals surface area contributed by atoms with Gasteiger partial charge in [0.1, 0.15) is 18.5 Å². The molecule has 0 bridgehead atoms. The smallest absolute Gasteiger partial charge is 0.122 e. The van der Waals surface area contributed by atoms with Gasteiger partial charge >= 0.3 is 0 Å². The predicted molar refractivity (Wildman–Crippen MR) is 85.6 cm³/mol. The zero-order chi connectivity index (χ0) is 14.5. The van der Waals surface area contributed by atoms with Crippen LogP contribution in [0.3, 0.4) is 0 Å². The number of hydrogen-bond donors (Lipinski definition) is 0. The van der Waals surface area contributed by atoms with Crippen LogP contribution < -0.4 is 4.74 Å². The topological polar surface area (TPSA) is 21.7 Å². The lowest BCUT2D eigenvalue weighted by Crippen LogP contribution is -2.44. The van der Waals surface area contributed by atoms with Crippen molar-refractivity contribution in [2.45, 2.75) is 32.8 Å². The third-order valence-electron chi connectivity index (χ3n) is 3.69. The van der Waals surface area contributed by atoms with Gasteiger partial charge in [-0.05, 0) is 36.2 Å². The molecule has 1 aromatic rings. The van der Waals surface area contributed by atoms with Gasteiger partial charge < -0.3 is 9.47 Å². The lowest BCUT2D eigenvalue weighted by atomic mass is 10.0. The molecule has 1 heterocycles. The fourth-order valence-electron chi connectivity index (χ4n) is 2.45. The van der Waals surface area contributed by atoms with Crippen LogP contribution in [0.25, 0.3) is 0 Å². The zero-order valence-corrected chi connectivity index (χ0v) is 14.1. The molecule has 1 atom stereocenters. The van der Waals surface area contributed by atoms with E-state index in [0.717, 1.165) is 36.5 Å². The summed E-state index contributed by atoms with van der Waals surface area (Å²) in [5.74, 6) is 1.42. The van der Waals surface area contributed by atoms with Crippen LogP contribution in [0, 0.1) is 0 Å². The van der Waals surface area contributed by atoms with Gasteiger partial charge in [0.15, 0.2) is 0 Å². The first kappa shape index (κ1) is 15.8.